The highest BCUT2D eigenvalue weighted by Gasteiger charge is 2.25. The molecule has 0 aliphatic heterocycles. The molecule has 0 spiro atoms. The quantitative estimate of drug-likeness (QED) is 0.806. The first kappa shape index (κ1) is 15.8. The van der Waals surface area contributed by atoms with Gasteiger partial charge < -0.3 is 10.2 Å². The Morgan fingerprint density at radius 1 is 1.28 bits per heavy atom. The molecule has 18 heavy (non-hydrogen) atoms. The molecule has 1 saturated carbocycles. The fraction of sp³-hybridized carbons (Fsp3) is 0.929. The summed E-state index contributed by atoms with van der Waals surface area (Å²) in [5.41, 5.74) is 0. The van der Waals surface area contributed by atoms with E-state index in [1.165, 1.54) is 25.7 Å². The minimum atomic E-state index is -0.0410. The van der Waals surface area contributed by atoms with Crippen molar-refractivity contribution in [3.8, 4) is 0 Å². The van der Waals surface area contributed by atoms with Crippen LogP contribution in [-0.4, -0.2) is 47.5 Å². The van der Waals surface area contributed by atoms with Gasteiger partial charge in [-0.05, 0) is 52.7 Å². The lowest BCUT2D eigenvalue weighted by Crippen LogP contribution is -2.49. The van der Waals surface area contributed by atoms with E-state index in [9.17, 15) is 4.79 Å². The van der Waals surface area contributed by atoms with Gasteiger partial charge in [0.05, 0.1) is 6.04 Å². The molecule has 1 unspecified atom stereocenters. The van der Waals surface area contributed by atoms with Gasteiger partial charge in [-0.1, -0.05) is 0 Å². The fourth-order valence-corrected chi connectivity index (χ4v) is 3.44. The second-order valence-corrected chi connectivity index (χ2v) is 6.25. The molecule has 4 heteroatoms. The summed E-state index contributed by atoms with van der Waals surface area (Å²) in [5.74, 6) is 0.243. The van der Waals surface area contributed by atoms with Crippen LogP contribution in [0.4, 0.5) is 0 Å². The van der Waals surface area contributed by atoms with Gasteiger partial charge >= 0.3 is 0 Å². The van der Waals surface area contributed by atoms with Crippen molar-refractivity contribution in [2.24, 2.45) is 0 Å². The van der Waals surface area contributed by atoms with Gasteiger partial charge in [0.2, 0.25) is 5.91 Å². The van der Waals surface area contributed by atoms with Gasteiger partial charge in [-0.25, -0.2) is 0 Å². The van der Waals surface area contributed by atoms with Crippen LogP contribution in [0, 0.1) is 0 Å². The Kier molecular flexibility index (Phi) is 7.08. The number of thioether (sulfide) groups is 1. The Morgan fingerprint density at radius 2 is 1.83 bits per heavy atom. The minimum absolute atomic E-state index is 0.0410. The maximum absolute atomic E-state index is 12.2. The van der Waals surface area contributed by atoms with Crippen LogP contribution in [0.1, 0.15) is 46.5 Å². The van der Waals surface area contributed by atoms with Gasteiger partial charge in [0.25, 0.3) is 0 Å². The van der Waals surface area contributed by atoms with E-state index in [1.807, 2.05) is 37.4 Å². The van der Waals surface area contributed by atoms with Gasteiger partial charge in [-0.3, -0.25) is 4.79 Å². The van der Waals surface area contributed by atoms with Gasteiger partial charge in [-0.2, -0.15) is 11.8 Å². The fourth-order valence-electron chi connectivity index (χ4n) is 2.70. The van der Waals surface area contributed by atoms with Crippen molar-refractivity contribution >= 4 is 17.7 Å². The van der Waals surface area contributed by atoms with Gasteiger partial charge in [-0.15, -0.1) is 0 Å². The zero-order chi connectivity index (χ0) is 13.5. The third-order valence-electron chi connectivity index (χ3n) is 3.94. The lowest BCUT2D eigenvalue weighted by Gasteiger charge is -2.31. The molecule has 106 valence electrons. The largest absolute Gasteiger partial charge is 0.342 e. The summed E-state index contributed by atoms with van der Waals surface area (Å²) in [4.78, 5) is 14.1. The smallest absolute Gasteiger partial charge is 0.239 e. The predicted molar refractivity (Wildman–Crippen MR) is 80.1 cm³/mol. The van der Waals surface area contributed by atoms with Crippen molar-refractivity contribution < 1.29 is 4.79 Å². The van der Waals surface area contributed by atoms with Gasteiger partial charge in [0.1, 0.15) is 0 Å². The van der Waals surface area contributed by atoms with Crippen LogP contribution in [0.5, 0.6) is 0 Å². The van der Waals surface area contributed by atoms with Crippen molar-refractivity contribution in [3.63, 3.8) is 0 Å². The Bertz CT molecular complexity index is 248. The van der Waals surface area contributed by atoms with Gasteiger partial charge in [0.15, 0.2) is 0 Å². The molecule has 1 N–H and O–H groups in total. The molecule has 1 amide bonds. The summed E-state index contributed by atoms with van der Waals surface area (Å²) in [5, 5.41) is 4.34. The molecule has 0 aromatic heterocycles. The molecule has 1 rings (SSSR count). The first-order chi connectivity index (χ1) is 8.62. The average molecular weight is 272 g/mol. The van der Waals surface area contributed by atoms with Crippen molar-refractivity contribution in [1.29, 1.82) is 0 Å². The Hall–Kier alpha value is -0.220. The number of hydrogen-bond acceptors (Lipinski definition) is 3. The molecule has 0 heterocycles. The molecule has 0 bridgehead atoms. The van der Waals surface area contributed by atoms with Crippen molar-refractivity contribution in [3.05, 3.63) is 0 Å². The Balaban J connectivity index is 2.36. The molecule has 0 radical (unpaired) electrons. The molecular formula is C14H28N2OS. The average Bonchev–Trinajstić information content (AvgIpc) is 2.40. The molecule has 0 saturated heterocycles. The lowest BCUT2D eigenvalue weighted by molar-refractivity contribution is -0.132. The topological polar surface area (TPSA) is 32.3 Å². The molecule has 1 aliphatic carbocycles. The summed E-state index contributed by atoms with van der Waals surface area (Å²) in [6.45, 7) is 7.69. The molecule has 1 atom stereocenters. The van der Waals surface area contributed by atoms with Crippen LogP contribution >= 0.6 is 11.8 Å². The standard InChI is InChI=1S/C14H28N2OS/c1-5-16(6-2)14(17)11(3)15-12-7-9-13(18-4)10-8-12/h11-13,15H,5-10H2,1-4H3. The van der Waals surface area contributed by atoms with Crippen molar-refractivity contribution in [2.45, 2.75) is 63.8 Å². The third kappa shape index (κ3) is 4.47. The molecule has 1 aliphatic rings. The number of carbonyl (C=O) groups excluding carboxylic acids is 1. The van der Waals surface area contributed by atoms with Crippen LogP contribution in [0.15, 0.2) is 0 Å². The number of nitrogens with one attached hydrogen (secondary N) is 1. The van der Waals surface area contributed by atoms with Gasteiger partial charge in [0, 0.05) is 24.4 Å². The lowest BCUT2D eigenvalue weighted by atomic mass is 9.94. The van der Waals surface area contributed by atoms with Crippen LogP contribution in [0.3, 0.4) is 0 Å². The maximum atomic E-state index is 12.2. The van der Waals surface area contributed by atoms with Crippen molar-refractivity contribution in [2.75, 3.05) is 19.3 Å². The summed E-state index contributed by atoms with van der Waals surface area (Å²) in [7, 11) is 0. The number of carbonyl (C=O) groups is 1. The number of likely N-dealkylation sites (N-methyl/N-ethyl adjacent to an activating group) is 1. The van der Waals surface area contributed by atoms with Crippen molar-refractivity contribution in [1.82, 2.24) is 10.2 Å². The summed E-state index contributed by atoms with van der Waals surface area (Å²) < 4.78 is 0. The zero-order valence-electron chi connectivity index (χ0n) is 12.2. The highest BCUT2D eigenvalue weighted by atomic mass is 32.2. The van der Waals surface area contributed by atoms with E-state index in [2.05, 4.69) is 11.6 Å². The van der Waals surface area contributed by atoms with E-state index in [-0.39, 0.29) is 11.9 Å². The van der Waals surface area contributed by atoms with Crippen LogP contribution < -0.4 is 5.32 Å². The molecule has 0 aromatic carbocycles. The minimum Gasteiger partial charge on any atom is -0.342 e. The SMILES string of the molecule is CCN(CC)C(=O)C(C)NC1CCC(SC)CC1. The van der Waals surface area contributed by atoms with E-state index >= 15 is 0 Å². The van der Waals surface area contributed by atoms with Crippen LogP contribution in [0.2, 0.25) is 0 Å². The summed E-state index contributed by atoms with van der Waals surface area (Å²) >= 11 is 1.98. The first-order valence-corrected chi connectivity index (χ1v) is 8.48. The highest BCUT2D eigenvalue weighted by molar-refractivity contribution is 7.99. The predicted octanol–water partition coefficient (Wildman–Crippen LogP) is 2.51. The van der Waals surface area contributed by atoms with E-state index in [0.29, 0.717) is 6.04 Å². The third-order valence-corrected chi connectivity index (χ3v) is 5.08. The molecule has 0 aromatic rings. The maximum Gasteiger partial charge on any atom is 0.239 e. The van der Waals surface area contributed by atoms with E-state index in [4.69, 9.17) is 0 Å². The second-order valence-electron chi connectivity index (χ2n) is 5.11. The number of amides is 1. The number of hydrogen-bond donors (Lipinski definition) is 1. The summed E-state index contributed by atoms with van der Waals surface area (Å²) in [6, 6.07) is 0.489. The molecule has 1 fully saturated rings. The summed E-state index contributed by atoms with van der Waals surface area (Å²) in [6.07, 6.45) is 7.18. The van der Waals surface area contributed by atoms with E-state index in [1.54, 1.807) is 0 Å². The zero-order valence-corrected chi connectivity index (χ0v) is 13.1. The molecular weight excluding hydrogens is 244 g/mol. The number of rotatable bonds is 6. The monoisotopic (exact) mass is 272 g/mol. The van der Waals surface area contributed by atoms with E-state index < -0.39 is 0 Å². The Labute approximate surface area is 116 Å². The second kappa shape index (κ2) is 8.05. The molecule has 3 nitrogen and oxygen atoms in total. The number of nitrogens with zero attached hydrogens (tertiary/aromatic N) is 1. The van der Waals surface area contributed by atoms with Crippen LogP contribution in [-0.2, 0) is 4.79 Å². The van der Waals surface area contributed by atoms with E-state index in [0.717, 1.165) is 18.3 Å². The first-order valence-electron chi connectivity index (χ1n) is 7.19. The van der Waals surface area contributed by atoms with Crippen LogP contribution in [0.25, 0.3) is 0 Å². The Morgan fingerprint density at radius 3 is 2.28 bits per heavy atom. The normalized spacial score (nSPS) is 25.8. The highest BCUT2D eigenvalue weighted by Crippen LogP contribution is 2.27.